The van der Waals surface area contributed by atoms with Gasteiger partial charge in [-0.05, 0) is 11.6 Å². The molecule has 0 aromatic carbocycles. The number of halogens is 3. The lowest BCUT2D eigenvalue weighted by Gasteiger charge is -2.26. The minimum absolute atomic E-state index is 0.0519. The number of nitrogens with two attached hydrogens (primary N) is 1. The summed E-state index contributed by atoms with van der Waals surface area (Å²) < 4.78 is 37.2. The van der Waals surface area contributed by atoms with E-state index in [4.69, 9.17) is 5.73 Å². The third-order valence-electron chi connectivity index (χ3n) is 2.41. The van der Waals surface area contributed by atoms with Gasteiger partial charge in [-0.25, -0.2) is 4.98 Å². The summed E-state index contributed by atoms with van der Waals surface area (Å²) in [6.45, 7) is 0. The predicted octanol–water partition coefficient (Wildman–Crippen LogP) is 0.706. The number of fused-ring (bicyclic) bond motifs is 1. The van der Waals surface area contributed by atoms with Crippen LogP contribution in [-0.4, -0.2) is 22.1 Å². The summed E-state index contributed by atoms with van der Waals surface area (Å²) in [6.07, 6.45) is -4.57. The van der Waals surface area contributed by atoms with Crippen molar-refractivity contribution in [3.05, 3.63) is 23.4 Å². The van der Waals surface area contributed by atoms with Crippen LogP contribution in [0.3, 0.4) is 0 Å². The predicted molar refractivity (Wildman–Crippen MR) is 50.2 cm³/mol. The molecule has 17 heavy (non-hydrogen) atoms. The van der Waals surface area contributed by atoms with Gasteiger partial charge >= 0.3 is 6.18 Å². The number of carbonyl (C=O) groups is 1. The Bertz CT molecular complexity index is 475. The topological polar surface area (TPSA) is 79.4 Å². The first-order valence-electron chi connectivity index (χ1n) is 4.66. The van der Waals surface area contributed by atoms with Crippen molar-refractivity contribution in [3.8, 4) is 0 Å². The number of hydrogen-bond donors (Lipinski definition) is 2. The fourth-order valence-electron chi connectivity index (χ4n) is 1.56. The maximum Gasteiger partial charge on any atom is 0.433 e. The molecule has 0 fully saturated rings. The largest absolute Gasteiger partial charge is 0.433 e. The smallest absolute Gasteiger partial charge is 0.320 e. The van der Waals surface area contributed by atoms with Gasteiger partial charge in [0.15, 0.2) is 5.82 Å². The molecule has 0 saturated carbocycles. The van der Waals surface area contributed by atoms with E-state index in [1.54, 1.807) is 0 Å². The van der Waals surface area contributed by atoms with Crippen LogP contribution >= 0.6 is 0 Å². The number of pyridine rings is 1. The lowest BCUT2D eigenvalue weighted by atomic mass is 10.0. The maximum atomic E-state index is 12.4. The molecule has 1 atom stereocenters. The average molecular weight is 247 g/mol. The molecule has 1 aromatic heterocycles. The molecule has 3 N–H and O–H groups in total. The number of rotatable bonds is 0. The number of hydroxylamine groups is 1. The zero-order valence-corrected chi connectivity index (χ0v) is 8.40. The van der Waals surface area contributed by atoms with E-state index in [0.29, 0.717) is 5.56 Å². The van der Waals surface area contributed by atoms with E-state index >= 15 is 0 Å². The molecule has 0 spiro atoms. The molecular weight excluding hydrogens is 239 g/mol. The van der Waals surface area contributed by atoms with Crippen molar-refractivity contribution in [2.45, 2.75) is 18.6 Å². The second kappa shape index (κ2) is 3.67. The number of amides is 1. The van der Waals surface area contributed by atoms with Gasteiger partial charge in [0, 0.05) is 6.42 Å². The van der Waals surface area contributed by atoms with Gasteiger partial charge in [0.25, 0.3) is 5.91 Å². The van der Waals surface area contributed by atoms with E-state index in [-0.39, 0.29) is 11.5 Å². The summed E-state index contributed by atoms with van der Waals surface area (Å²) in [5.41, 5.74) is 4.54. The normalized spacial score (nSPS) is 20.4. The van der Waals surface area contributed by atoms with Crippen molar-refractivity contribution in [1.29, 1.82) is 0 Å². The molecule has 0 radical (unpaired) electrons. The van der Waals surface area contributed by atoms with Crippen LogP contribution in [0.1, 0.15) is 11.3 Å². The van der Waals surface area contributed by atoms with E-state index in [1.165, 1.54) is 0 Å². The molecule has 2 rings (SSSR count). The first kappa shape index (κ1) is 11.8. The minimum Gasteiger partial charge on any atom is -0.320 e. The summed E-state index contributed by atoms with van der Waals surface area (Å²) in [7, 11) is 0. The molecule has 1 aromatic rings. The van der Waals surface area contributed by atoms with Crippen LogP contribution in [0.15, 0.2) is 12.1 Å². The van der Waals surface area contributed by atoms with E-state index in [0.717, 1.165) is 12.1 Å². The molecule has 0 saturated heterocycles. The third kappa shape index (κ3) is 1.96. The fraction of sp³-hybridized carbons (Fsp3) is 0.333. The second-order valence-electron chi connectivity index (χ2n) is 3.64. The van der Waals surface area contributed by atoms with Crippen LogP contribution in [0.4, 0.5) is 19.0 Å². The first-order valence-corrected chi connectivity index (χ1v) is 4.66. The Kier molecular flexibility index (Phi) is 2.55. The van der Waals surface area contributed by atoms with Gasteiger partial charge in [0.2, 0.25) is 0 Å². The van der Waals surface area contributed by atoms with Crippen LogP contribution in [0.2, 0.25) is 0 Å². The molecule has 0 unspecified atom stereocenters. The summed E-state index contributed by atoms with van der Waals surface area (Å²) >= 11 is 0. The Labute approximate surface area is 93.6 Å². The zero-order chi connectivity index (χ0) is 12.8. The summed E-state index contributed by atoms with van der Waals surface area (Å²) in [6, 6.07) is 0.974. The third-order valence-corrected chi connectivity index (χ3v) is 2.41. The second-order valence-corrected chi connectivity index (χ2v) is 3.64. The Balaban J connectivity index is 2.49. The van der Waals surface area contributed by atoms with Crippen molar-refractivity contribution >= 4 is 11.7 Å². The number of aromatic nitrogens is 1. The SMILES string of the molecule is N[C@H]1Cc2ccc(C(F)(F)F)nc2N(O)C1=O. The van der Waals surface area contributed by atoms with Gasteiger partial charge in [-0.1, -0.05) is 6.07 Å². The Morgan fingerprint density at radius 2 is 2.12 bits per heavy atom. The van der Waals surface area contributed by atoms with Crippen LogP contribution in [-0.2, 0) is 17.4 Å². The first-order chi connectivity index (χ1) is 7.80. The van der Waals surface area contributed by atoms with Gasteiger partial charge in [0.05, 0.1) is 6.04 Å². The molecule has 2 heterocycles. The summed E-state index contributed by atoms with van der Waals surface area (Å²) in [5, 5.41) is 9.43. The lowest BCUT2D eigenvalue weighted by Crippen LogP contribution is -2.47. The summed E-state index contributed by atoms with van der Waals surface area (Å²) in [5.74, 6) is -1.28. The van der Waals surface area contributed by atoms with Crippen LogP contribution in [0.5, 0.6) is 0 Å². The van der Waals surface area contributed by atoms with Crippen molar-refractivity contribution < 1.29 is 23.2 Å². The molecule has 92 valence electrons. The maximum absolute atomic E-state index is 12.4. The standard InChI is InChI=1S/C9H8F3N3O2/c10-9(11,12)6-2-1-4-3-5(13)8(16)15(17)7(4)14-6/h1-2,5,17H,3,13H2/t5-/m0/s1. The van der Waals surface area contributed by atoms with Gasteiger partial charge in [-0.2, -0.15) is 18.2 Å². The Morgan fingerprint density at radius 3 is 2.71 bits per heavy atom. The molecule has 0 aliphatic carbocycles. The van der Waals surface area contributed by atoms with Crippen LogP contribution in [0, 0.1) is 0 Å². The Hall–Kier alpha value is -1.67. The number of carbonyl (C=O) groups excluding carboxylic acids is 1. The van der Waals surface area contributed by atoms with Crippen molar-refractivity contribution in [2.75, 3.05) is 5.06 Å². The number of hydrogen-bond acceptors (Lipinski definition) is 4. The van der Waals surface area contributed by atoms with E-state index < -0.39 is 29.6 Å². The van der Waals surface area contributed by atoms with Gasteiger partial charge in [-0.3, -0.25) is 10.0 Å². The van der Waals surface area contributed by atoms with Crippen LogP contribution in [0.25, 0.3) is 0 Å². The number of nitrogens with zero attached hydrogens (tertiary/aromatic N) is 2. The number of alkyl halides is 3. The van der Waals surface area contributed by atoms with Gasteiger partial charge < -0.3 is 5.73 Å². The Morgan fingerprint density at radius 1 is 1.47 bits per heavy atom. The highest BCUT2D eigenvalue weighted by Gasteiger charge is 2.36. The summed E-state index contributed by atoms with van der Waals surface area (Å²) in [4.78, 5) is 14.5. The van der Waals surface area contributed by atoms with E-state index in [2.05, 4.69) is 4.98 Å². The molecule has 5 nitrogen and oxygen atoms in total. The quantitative estimate of drug-likeness (QED) is 0.661. The molecule has 1 aliphatic heterocycles. The van der Waals surface area contributed by atoms with Crippen molar-refractivity contribution in [3.63, 3.8) is 0 Å². The van der Waals surface area contributed by atoms with E-state index in [9.17, 15) is 23.2 Å². The van der Waals surface area contributed by atoms with Crippen molar-refractivity contribution in [1.82, 2.24) is 4.98 Å². The molecule has 0 bridgehead atoms. The highest BCUT2D eigenvalue weighted by atomic mass is 19.4. The number of anilines is 1. The van der Waals surface area contributed by atoms with Gasteiger partial charge in [-0.15, -0.1) is 0 Å². The highest BCUT2D eigenvalue weighted by molar-refractivity contribution is 5.97. The molecule has 1 amide bonds. The van der Waals surface area contributed by atoms with Gasteiger partial charge in [0.1, 0.15) is 5.69 Å². The average Bonchev–Trinajstić information content (AvgIpc) is 2.24. The van der Waals surface area contributed by atoms with Crippen molar-refractivity contribution in [2.24, 2.45) is 5.73 Å². The minimum atomic E-state index is -4.63. The zero-order valence-electron chi connectivity index (χ0n) is 8.40. The molecule has 8 heteroatoms. The van der Waals surface area contributed by atoms with Crippen LogP contribution < -0.4 is 10.8 Å². The van der Waals surface area contributed by atoms with E-state index in [1.807, 2.05) is 0 Å². The molecule has 1 aliphatic rings. The lowest BCUT2D eigenvalue weighted by molar-refractivity contribution is -0.141. The fourth-order valence-corrected chi connectivity index (χ4v) is 1.56. The molecular formula is C9H8F3N3O2. The highest BCUT2D eigenvalue weighted by Crippen LogP contribution is 2.32. The monoisotopic (exact) mass is 247 g/mol.